The fourth-order valence-corrected chi connectivity index (χ4v) is 3.24. The average molecular weight is 336 g/mol. The summed E-state index contributed by atoms with van der Waals surface area (Å²) in [5, 5.41) is 0. The van der Waals surface area contributed by atoms with Crippen molar-refractivity contribution in [1.29, 1.82) is 0 Å². The molecular formula is C12H15BrFNO2S. The molecule has 3 nitrogen and oxygen atoms in total. The Morgan fingerprint density at radius 1 is 1.39 bits per heavy atom. The Kier molecular flexibility index (Phi) is 4.40. The standard InChI is InChI=1S/C12H15BrFNO2S/c13-11-3-4-12(14)10(7-11)8-15-18(16,17)6-5-9-1-2-9/h3-4,7,9,15H,1-2,5-6,8H2. The first-order valence-electron chi connectivity index (χ1n) is 5.87. The van der Waals surface area contributed by atoms with E-state index >= 15 is 0 Å². The summed E-state index contributed by atoms with van der Waals surface area (Å²) in [7, 11) is -3.30. The van der Waals surface area contributed by atoms with Crippen LogP contribution in [0.25, 0.3) is 0 Å². The normalized spacial score (nSPS) is 15.9. The third-order valence-corrected chi connectivity index (χ3v) is 4.83. The predicted molar refractivity (Wildman–Crippen MR) is 72.1 cm³/mol. The van der Waals surface area contributed by atoms with E-state index in [-0.39, 0.29) is 12.3 Å². The summed E-state index contributed by atoms with van der Waals surface area (Å²) in [5.41, 5.74) is 0.347. The van der Waals surface area contributed by atoms with Crippen LogP contribution in [0.1, 0.15) is 24.8 Å². The SMILES string of the molecule is O=S(=O)(CCC1CC1)NCc1cc(Br)ccc1F. The molecule has 0 aliphatic heterocycles. The van der Waals surface area contributed by atoms with Crippen LogP contribution in [-0.2, 0) is 16.6 Å². The van der Waals surface area contributed by atoms with Crippen LogP contribution in [0.3, 0.4) is 0 Å². The van der Waals surface area contributed by atoms with Gasteiger partial charge in [-0.15, -0.1) is 0 Å². The van der Waals surface area contributed by atoms with E-state index in [1.807, 2.05) is 0 Å². The van der Waals surface area contributed by atoms with Crippen molar-refractivity contribution >= 4 is 26.0 Å². The molecule has 2 rings (SSSR count). The largest absolute Gasteiger partial charge is 0.212 e. The molecule has 1 aliphatic carbocycles. The van der Waals surface area contributed by atoms with Crippen molar-refractivity contribution in [2.24, 2.45) is 5.92 Å². The van der Waals surface area contributed by atoms with E-state index in [9.17, 15) is 12.8 Å². The molecule has 0 radical (unpaired) electrons. The lowest BCUT2D eigenvalue weighted by Gasteiger charge is -2.07. The maximum Gasteiger partial charge on any atom is 0.211 e. The number of benzene rings is 1. The Morgan fingerprint density at radius 3 is 2.78 bits per heavy atom. The van der Waals surface area contributed by atoms with E-state index in [2.05, 4.69) is 20.7 Å². The quantitative estimate of drug-likeness (QED) is 0.868. The summed E-state index contributed by atoms with van der Waals surface area (Å²) < 4.78 is 40.0. The summed E-state index contributed by atoms with van der Waals surface area (Å²) >= 11 is 3.23. The molecular weight excluding hydrogens is 321 g/mol. The Hall–Kier alpha value is -0.460. The van der Waals surface area contributed by atoms with Crippen molar-refractivity contribution in [2.75, 3.05) is 5.75 Å². The van der Waals surface area contributed by atoms with Gasteiger partial charge in [0.1, 0.15) is 5.82 Å². The van der Waals surface area contributed by atoms with Crippen molar-refractivity contribution in [1.82, 2.24) is 4.72 Å². The third kappa shape index (κ3) is 4.33. The molecule has 0 spiro atoms. The van der Waals surface area contributed by atoms with Crippen LogP contribution in [-0.4, -0.2) is 14.2 Å². The van der Waals surface area contributed by atoms with Gasteiger partial charge < -0.3 is 0 Å². The van der Waals surface area contributed by atoms with E-state index in [4.69, 9.17) is 0 Å². The summed E-state index contributed by atoms with van der Waals surface area (Å²) in [5.74, 6) is 0.306. The molecule has 0 unspecified atom stereocenters. The zero-order valence-electron chi connectivity index (χ0n) is 9.83. The molecule has 0 aromatic heterocycles. The van der Waals surface area contributed by atoms with E-state index in [1.165, 1.54) is 6.07 Å². The second-order valence-electron chi connectivity index (χ2n) is 4.61. The lowest BCUT2D eigenvalue weighted by atomic mass is 10.2. The zero-order valence-corrected chi connectivity index (χ0v) is 12.2. The lowest BCUT2D eigenvalue weighted by Crippen LogP contribution is -2.26. The minimum atomic E-state index is -3.30. The number of sulfonamides is 1. The minimum Gasteiger partial charge on any atom is -0.212 e. The van der Waals surface area contributed by atoms with Gasteiger partial charge in [-0.05, 0) is 30.5 Å². The first-order chi connectivity index (χ1) is 8.46. The Bertz CT molecular complexity index is 529. The second-order valence-corrected chi connectivity index (χ2v) is 7.45. The zero-order chi connectivity index (χ0) is 13.2. The molecule has 1 saturated carbocycles. The van der Waals surface area contributed by atoms with Crippen molar-refractivity contribution in [3.63, 3.8) is 0 Å². The summed E-state index contributed by atoms with van der Waals surface area (Å²) in [6.07, 6.45) is 2.97. The van der Waals surface area contributed by atoms with Crippen LogP contribution in [0.2, 0.25) is 0 Å². The number of halogens is 2. The molecule has 0 atom stereocenters. The number of hydrogen-bond acceptors (Lipinski definition) is 2. The number of rotatable bonds is 6. The van der Waals surface area contributed by atoms with Gasteiger partial charge in [0.05, 0.1) is 5.75 Å². The Morgan fingerprint density at radius 2 is 2.11 bits per heavy atom. The number of nitrogens with one attached hydrogen (secondary N) is 1. The highest BCUT2D eigenvalue weighted by Gasteiger charge is 2.23. The van der Waals surface area contributed by atoms with Crippen molar-refractivity contribution in [3.05, 3.63) is 34.1 Å². The summed E-state index contributed by atoms with van der Waals surface area (Å²) in [6.45, 7) is -0.00171. The fourth-order valence-electron chi connectivity index (χ4n) is 1.67. The molecule has 6 heteroatoms. The topological polar surface area (TPSA) is 46.2 Å². The third-order valence-electron chi connectivity index (χ3n) is 2.98. The van der Waals surface area contributed by atoms with Gasteiger partial charge in [0.25, 0.3) is 0 Å². The highest BCUT2D eigenvalue weighted by Crippen LogP contribution is 2.32. The van der Waals surface area contributed by atoms with E-state index in [1.54, 1.807) is 12.1 Å². The van der Waals surface area contributed by atoms with Gasteiger partial charge in [-0.3, -0.25) is 0 Å². The van der Waals surface area contributed by atoms with Gasteiger partial charge in [0.15, 0.2) is 0 Å². The fraction of sp³-hybridized carbons (Fsp3) is 0.500. The summed E-state index contributed by atoms with van der Waals surface area (Å²) in [4.78, 5) is 0. The highest BCUT2D eigenvalue weighted by molar-refractivity contribution is 9.10. The molecule has 1 fully saturated rings. The van der Waals surface area contributed by atoms with Crippen molar-refractivity contribution in [2.45, 2.75) is 25.8 Å². The molecule has 1 aliphatic rings. The van der Waals surface area contributed by atoms with Crippen LogP contribution < -0.4 is 4.72 Å². The van der Waals surface area contributed by atoms with Crippen molar-refractivity contribution in [3.8, 4) is 0 Å². The van der Waals surface area contributed by atoms with E-state index < -0.39 is 15.8 Å². The molecule has 1 N–H and O–H groups in total. The van der Waals surface area contributed by atoms with E-state index in [0.717, 1.165) is 17.3 Å². The number of hydrogen-bond donors (Lipinski definition) is 1. The molecule has 0 amide bonds. The van der Waals surface area contributed by atoms with Crippen LogP contribution in [0.4, 0.5) is 4.39 Å². The van der Waals surface area contributed by atoms with Crippen LogP contribution >= 0.6 is 15.9 Å². The molecule has 1 aromatic carbocycles. The lowest BCUT2D eigenvalue weighted by molar-refractivity contribution is 0.569. The van der Waals surface area contributed by atoms with E-state index in [0.29, 0.717) is 17.9 Å². The van der Waals surface area contributed by atoms with Crippen LogP contribution in [0.5, 0.6) is 0 Å². The molecule has 0 saturated heterocycles. The van der Waals surface area contributed by atoms with Gasteiger partial charge >= 0.3 is 0 Å². The van der Waals surface area contributed by atoms with Gasteiger partial charge in [0.2, 0.25) is 10.0 Å². The average Bonchev–Trinajstić information content (AvgIpc) is 3.12. The first-order valence-corrected chi connectivity index (χ1v) is 8.32. The van der Waals surface area contributed by atoms with Crippen LogP contribution in [0.15, 0.2) is 22.7 Å². The second kappa shape index (κ2) is 5.67. The molecule has 100 valence electrons. The van der Waals surface area contributed by atoms with Crippen LogP contribution in [0, 0.1) is 11.7 Å². The molecule has 0 bridgehead atoms. The van der Waals surface area contributed by atoms with Gasteiger partial charge in [-0.2, -0.15) is 0 Å². The first kappa shape index (κ1) is 14.0. The Labute approximate surface area is 115 Å². The van der Waals surface area contributed by atoms with Gasteiger partial charge in [0, 0.05) is 16.6 Å². The maximum atomic E-state index is 13.4. The Balaban J connectivity index is 1.91. The van der Waals surface area contributed by atoms with Gasteiger partial charge in [-0.25, -0.2) is 17.5 Å². The smallest absolute Gasteiger partial charge is 0.211 e. The maximum absolute atomic E-state index is 13.4. The molecule has 1 aromatic rings. The summed E-state index contributed by atoms with van der Waals surface area (Å²) in [6, 6.07) is 4.48. The monoisotopic (exact) mass is 335 g/mol. The predicted octanol–water partition coefficient (Wildman–Crippen LogP) is 2.81. The van der Waals surface area contributed by atoms with Crippen molar-refractivity contribution < 1.29 is 12.8 Å². The molecule has 18 heavy (non-hydrogen) atoms. The van der Waals surface area contributed by atoms with Gasteiger partial charge in [-0.1, -0.05) is 28.8 Å². The molecule has 0 heterocycles. The highest BCUT2D eigenvalue weighted by atomic mass is 79.9. The minimum absolute atomic E-state index is 0.00171.